The third kappa shape index (κ3) is 41.3. The maximum Gasteiger partial charge on any atom is 0.524 e. The van der Waals surface area contributed by atoms with E-state index >= 15 is 0 Å². The van der Waals surface area contributed by atoms with Crippen LogP contribution in [0.1, 0.15) is 167 Å². The Hall–Kier alpha value is -4.83. The number of rotatable bonds is 51. The fourth-order valence-corrected chi connectivity index (χ4v) is 8.14. The van der Waals surface area contributed by atoms with E-state index in [9.17, 15) is 48.0 Å². The van der Waals surface area contributed by atoms with E-state index < -0.39 is 31.8 Å². The van der Waals surface area contributed by atoms with E-state index in [0.717, 1.165) is 44.9 Å². The van der Waals surface area contributed by atoms with Gasteiger partial charge < -0.3 is 55.0 Å². The van der Waals surface area contributed by atoms with Crippen LogP contribution >= 0.6 is 7.82 Å². The van der Waals surface area contributed by atoms with Gasteiger partial charge in [0.25, 0.3) is 0 Å². The number of carbonyl (C=O) groups is 8. The van der Waals surface area contributed by atoms with Gasteiger partial charge in [-0.1, -0.05) is 103 Å². The van der Waals surface area contributed by atoms with Crippen molar-refractivity contribution in [3.05, 3.63) is 29.8 Å². The van der Waals surface area contributed by atoms with Gasteiger partial charge in [-0.3, -0.25) is 43.3 Å². The van der Waals surface area contributed by atoms with Gasteiger partial charge in [0.05, 0.1) is 39.1 Å². The van der Waals surface area contributed by atoms with Crippen LogP contribution in [0.25, 0.3) is 0 Å². The number of phosphoric ester groups is 1. The summed E-state index contributed by atoms with van der Waals surface area (Å²) < 4.78 is 37.1. The molecule has 1 aromatic carbocycles. The number of unbranched alkanes of at least 4 members (excludes halogenated alkanes) is 14. The lowest BCUT2D eigenvalue weighted by Crippen LogP contribution is -2.43. The minimum Gasteiger partial charge on any atom is -0.481 e. The summed E-state index contributed by atoms with van der Waals surface area (Å²) in [7, 11) is -4.70. The van der Waals surface area contributed by atoms with Crippen LogP contribution in [-0.2, 0) is 68.3 Å². The van der Waals surface area contributed by atoms with Crippen LogP contribution in [0.5, 0.6) is 5.75 Å². The van der Waals surface area contributed by atoms with Gasteiger partial charge in [0.15, 0.2) is 5.78 Å². The number of ketones is 2. The molecule has 0 saturated heterocycles. The lowest BCUT2D eigenvalue weighted by molar-refractivity contribution is -0.142. The van der Waals surface area contributed by atoms with Crippen molar-refractivity contribution in [3.63, 3.8) is 0 Å². The Morgan fingerprint density at radius 1 is 0.526 bits per heavy atom. The molecule has 0 fully saturated rings. The highest BCUT2D eigenvalue weighted by molar-refractivity contribution is 7.46. The number of carboxylic acids is 2. The zero-order valence-electron chi connectivity index (χ0n) is 45.0. The lowest BCUT2D eigenvalue weighted by atomic mass is 9.99. The molecule has 3 atom stereocenters. The summed E-state index contributed by atoms with van der Waals surface area (Å²) in [5, 5.41) is 29.0. The lowest BCUT2D eigenvalue weighted by Gasteiger charge is -2.19. The molecule has 0 saturated carbocycles. The molecule has 0 heterocycles. The average Bonchev–Trinajstić information content (AvgIpc) is 3.36. The summed E-state index contributed by atoms with van der Waals surface area (Å²) >= 11 is 0. The van der Waals surface area contributed by atoms with Gasteiger partial charge in [-0.25, -0.2) is 9.36 Å². The molecule has 0 aliphatic rings. The monoisotopic (exact) mass is 1100 g/mol. The summed E-state index contributed by atoms with van der Waals surface area (Å²) in [5.74, 6) is -3.91. The van der Waals surface area contributed by atoms with Crippen molar-refractivity contribution in [3.8, 4) is 5.75 Å². The predicted molar refractivity (Wildman–Crippen MR) is 282 cm³/mol. The summed E-state index contributed by atoms with van der Waals surface area (Å²) in [6, 6.07) is 3.96. The topological polar surface area (TPSA) is 329 Å². The van der Waals surface area contributed by atoms with E-state index in [1.54, 1.807) is 19.1 Å². The Bertz CT molecular complexity index is 1870. The molecule has 1 rings (SSSR count). The summed E-state index contributed by atoms with van der Waals surface area (Å²) in [5.41, 5.74) is 0.667. The SMILES string of the molecule is CC(=O)[C@H](Cc1ccc(OP(=O)(O)O)cc1)NC(=O)[C@@H](C)CCCCNC(=O)COCCOCCNC(=O)COCCOCCCC(=O)CC[C@H](NC(=O)CCCCCCCCCCCCCCCCC(=O)O)C(=O)O. The number of ether oxygens (including phenoxy) is 4. The van der Waals surface area contributed by atoms with Gasteiger partial charge >= 0.3 is 19.8 Å². The highest BCUT2D eigenvalue weighted by Gasteiger charge is 2.23. The molecule has 0 spiro atoms. The quantitative estimate of drug-likeness (QED) is 0.0278. The summed E-state index contributed by atoms with van der Waals surface area (Å²) in [4.78, 5) is 114. The molecule has 0 aliphatic carbocycles. The van der Waals surface area contributed by atoms with Crippen molar-refractivity contribution in [2.45, 2.75) is 180 Å². The van der Waals surface area contributed by atoms with Crippen LogP contribution in [0.2, 0.25) is 0 Å². The Morgan fingerprint density at radius 2 is 1.04 bits per heavy atom. The normalized spacial score (nSPS) is 12.5. The molecular weight excluding hydrogens is 1010 g/mol. The number of Topliss-reactive ketones (excluding diaryl/α,β-unsaturated/α-hetero) is 2. The van der Waals surface area contributed by atoms with E-state index in [4.69, 9.17) is 33.8 Å². The minimum absolute atomic E-state index is 0.0184. The summed E-state index contributed by atoms with van der Waals surface area (Å²) in [6.07, 6.45) is 18.2. The molecule has 4 amide bonds. The molecule has 0 unspecified atom stereocenters. The molecule has 8 N–H and O–H groups in total. The van der Waals surface area contributed by atoms with Gasteiger partial charge in [0, 0.05) is 51.3 Å². The highest BCUT2D eigenvalue weighted by Crippen LogP contribution is 2.37. The Kier molecular flexibility index (Phi) is 40.2. The number of benzene rings is 1. The maximum absolute atomic E-state index is 12.8. The molecule has 22 nitrogen and oxygen atoms in total. The van der Waals surface area contributed by atoms with Gasteiger partial charge in [0.1, 0.15) is 30.8 Å². The first-order valence-corrected chi connectivity index (χ1v) is 28.6. The van der Waals surface area contributed by atoms with Gasteiger partial charge in [0.2, 0.25) is 23.6 Å². The molecule has 0 aromatic heterocycles. The number of amides is 4. The Balaban J connectivity index is 1.97. The molecule has 1 aromatic rings. The minimum atomic E-state index is -4.70. The molecular formula is C53H89N4O18P. The van der Waals surface area contributed by atoms with Crippen molar-refractivity contribution < 1.29 is 86.4 Å². The zero-order chi connectivity index (χ0) is 56.2. The number of carboxylic acid groups (broad SMARTS) is 2. The smallest absolute Gasteiger partial charge is 0.481 e. The average molecular weight is 1100 g/mol. The van der Waals surface area contributed by atoms with E-state index in [-0.39, 0.29) is 145 Å². The van der Waals surface area contributed by atoms with E-state index in [1.165, 1.54) is 57.6 Å². The zero-order valence-corrected chi connectivity index (χ0v) is 45.9. The van der Waals surface area contributed by atoms with Crippen LogP contribution in [0.4, 0.5) is 0 Å². The first-order chi connectivity index (χ1) is 36.4. The Morgan fingerprint density at radius 3 is 1.57 bits per heavy atom. The van der Waals surface area contributed by atoms with E-state index in [2.05, 4.69) is 25.8 Å². The number of hydrogen-bond acceptors (Lipinski definition) is 14. The highest BCUT2D eigenvalue weighted by atomic mass is 31.2. The van der Waals surface area contributed by atoms with Crippen molar-refractivity contribution >= 4 is 55.0 Å². The standard InChI is InChI=1S/C53H89N4O18P/c1-41(52(65)57-47(42(2)58)38-43-24-27-45(28-25-43)75-76(68,69)70)20-17-18-30-54-49(61)39-74-37-35-72-33-31-55-50(62)40-73-36-34-71-32-19-21-44(59)26-29-46(53(66)67)56-48(60)22-15-13-11-9-7-5-3-4-6-8-10-12-14-16-23-51(63)64/h24-25,27-28,41,46-47H,3-23,26,29-40H2,1-2H3,(H,54,61)(H,55,62)(H,56,60)(H,57,65)(H,63,64)(H,66,67)(H2,68,69,70)/t41-,46-,47-/m0/s1. The van der Waals surface area contributed by atoms with Crippen LogP contribution in [0, 0.1) is 5.92 Å². The Labute approximate surface area is 448 Å². The first-order valence-electron chi connectivity index (χ1n) is 27.1. The molecule has 434 valence electrons. The molecule has 0 aliphatic heterocycles. The fraction of sp³-hybridized carbons (Fsp3) is 0.736. The van der Waals surface area contributed by atoms with Gasteiger partial charge in [-0.05, 0) is 69.6 Å². The van der Waals surface area contributed by atoms with Crippen LogP contribution in [0.3, 0.4) is 0 Å². The number of carbonyl (C=O) groups excluding carboxylic acids is 6. The maximum atomic E-state index is 12.8. The summed E-state index contributed by atoms with van der Waals surface area (Å²) in [6.45, 7) is 4.69. The number of aliphatic carboxylic acids is 2. The molecule has 76 heavy (non-hydrogen) atoms. The second kappa shape index (κ2) is 44.2. The predicted octanol–water partition coefficient (Wildman–Crippen LogP) is 5.90. The second-order valence-corrected chi connectivity index (χ2v) is 20.2. The fourth-order valence-electron chi connectivity index (χ4n) is 7.75. The third-order valence-corrected chi connectivity index (χ3v) is 12.6. The van der Waals surface area contributed by atoms with Crippen molar-refractivity contribution in [2.75, 3.05) is 65.9 Å². The van der Waals surface area contributed by atoms with E-state index in [0.29, 0.717) is 44.2 Å². The van der Waals surface area contributed by atoms with Crippen molar-refractivity contribution in [1.29, 1.82) is 0 Å². The third-order valence-electron chi connectivity index (χ3n) is 12.1. The molecule has 0 bridgehead atoms. The van der Waals surface area contributed by atoms with Crippen molar-refractivity contribution in [2.24, 2.45) is 5.92 Å². The largest absolute Gasteiger partial charge is 0.524 e. The molecule has 0 radical (unpaired) electrons. The van der Waals surface area contributed by atoms with Gasteiger partial charge in [-0.2, -0.15) is 0 Å². The number of phosphoric acid groups is 1. The molecule has 23 heteroatoms. The van der Waals surface area contributed by atoms with Crippen LogP contribution in [-0.4, -0.2) is 145 Å². The van der Waals surface area contributed by atoms with Crippen LogP contribution < -0.4 is 25.8 Å². The first kappa shape index (κ1) is 69.2. The van der Waals surface area contributed by atoms with Crippen LogP contribution in [0.15, 0.2) is 24.3 Å². The van der Waals surface area contributed by atoms with E-state index in [1.807, 2.05) is 0 Å². The number of nitrogens with one attached hydrogen (secondary N) is 4. The second-order valence-electron chi connectivity index (χ2n) is 19.0. The number of hydrogen-bond donors (Lipinski definition) is 8. The van der Waals surface area contributed by atoms with Crippen molar-refractivity contribution in [1.82, 2.24) is 21.3 Å². The van der Waals surface area contributed by atoms with Gasteiger partial charge in [-0.15, -0.1) is 0 Å².